The molecule has 0 spiro atoms. The molecule has 0 aromatic rings. The van der Waals surface area contributed by atoms with Crippen LogP contribution in [-0.2, 0) is 32.7 Å². The Labute approximate surface area is 440 Å². The molecule has 0 aromatic carbocycles. The van der Waals surface area contributed by atoms with Crippen LogP contribution in [0.2, 0.25) is 0 Å². The number of ether oxygens (including phenoxy) is 2. The molecule has 1 N–H and O–H groups in total. The number of nitrogens with zero attached hydrogens (tertiary/aromatic N) is 1. The molecular formula is C61H119NO8P+. The molecule has 0 aliphatic carbocycles. The lowest BCUT2D eigenvalue weighted by molar-refractivity contribution is -0.870. The zero-order valence-electron chi connectivity index (χ0n) is 47.7. The zero-order chi connectivity index (χ0) is 52.0. The van der Waals surface area contributed by atoms with Crippen LogP contribution in [0.5, 0.6) is 0 Å². The van der Waals surface area contributed by atoms with Gasteiger partial charge in [0.1, 0.15) is 19.8 Å². The molecule has 0 fully saturated rings. The molecule has 0 saturated carbocycles. The monoisotopic (exact) mass is 1020 g/mol. The van der Waals surface area contributed by atoms with E-state index in [1.54, 1.807) is 0 Å². The third-order valence-corrected chi connectivity index (χ3v) is 14.7. The first-order valence-corrected chi connectivity index (χ1v) is 32.1. The molecule has 420 valence electrons. The molecule has 0 aromatic heterocycles. The number of carbonyl (C=O) groups is 2. The second-order valence-electron chi connectivity index (χ2n) is 22.1. The first-order valence-electron chi connectivity index (χ1n) is 30.6. The van der Waals surface area contributed by atoms with Crippen LogP contribution in [0.15, 0.2) is 24.3 Å². The van der Waals surface area contributed by atoms with E-state index in [2.05, 4.69) is 38.2 Å². The van der Waals surface area contributed by atoms with Gasteiger partial charge in [-0.1, -0.05) is 269 Å². The molecule has 2 unspecified atom stereocenters. The predicted octanol–water partition coefficient (Wildman–Crippen LogP) is 19.0. The molecule has 0 radical (unpaired) electrons. The first-order chi connectivity index (χ1) is 34.5. The van der Waals surface area contributed by atoms with E-state index in [0.29, 0.717) is 23.9 Å². The van der Waals surface area contributed by atoms with E-state index in [0.717, 1.165) is 51.4 Å². The predicted molar refractivity (Wildman–Crippen MR) is 303 cm³/mol. The van der Waals surface area contributed by atoms with Crippen LogP contribution < -0.4 is 0 Å². The number of phosphoric ester groups is 1. The Kier molecular flexibility index (Phi) is 52.2. The van der Waals surface area contributed by atoms with Crippen molar-refractivity contribution in [2.45, 2.75) is 309 Å². The molecule has 0 bridgehead atoms. The molecule has 0 rings (SSSR count). The number of carbonyl (C=O) groups excluding carboxylic acids is 2. The van der Waals surface area contributed by atoms with Gasteiger partial charge in [-0.05, 0) is 44.9 Å². The van der Waals surface area contributed by atoms with E-state index in [9.17, 15) is 19.0 Å². The van der Waals surface area contributed by atoms with Crippen molar-refractivity contribution in [3.8, 4) is 0 Å². The van der Waals surface area contributed by atoms with Gasteiger partial charge in [-0.3, -0.25) is 18.6 Å². The van der Waals surface area contributed by atoms with Crippen LogP contribution in [-0.4, -0.2) is 74.9 Å². The minimum atomic E-state index is -4.38. The van der Waals surface area contributed by atoms with Crippen molar-refractivity contribution in [2.24, 2.45) is 0 Å². The highest BCUT2D eigenvalue weighted by atomic mass is 31.2. The standard InChI is InChI=1S/C61H118NO8P/c1-6-8-10-12-14-16-18-20-22-24-25-26-27-28-29-30-31-32-33-34-35-36-38-39-41-43-45-47-49-51-53-60(63)67-57-59(58-69-71(65,66)68-56-55-62(3,4)5)70-61(64)54-52-50-48-46-44-42-40-37-23-21-19-17-15-13-11-9-7-2/h15,17,21,23,59H,6-14,16,18-20,22,24-58H2,1-5H3/p+1/b17-15-,23-21-. The quantitative estimate of drug-likeness (QED) is 0.0211. The second-order valence-corrected chi connectivity index (χ2v) is 23.6. The van der Waals surface area contributed by atoms with Crippen molar-refractivity contribution in [2.75, 3.05) is 47.5 Å². The number of allylic oxidation sites excluding steroid dienone is 4. The summed E-state index contributed by atoms with van der Waals surface area (Å²) in [5.74, 6) is -0.791. The Morgan fingerprint density at radius 3 is 1.14 bits per heavy atom. The molecule has 0 aliphatic rings. The van der Waals surface area contributed by atoms with Gasteiger partial charge in [-0.15, -0.1) is 0 Å². The zero-order valence-corrected chi connectivity index (χ0v) is 48.6. The van der Waals surface area contributed by atoms with Crippen LogP contribution in [0.3, 0.4) is 0 Å². The summed E-state index contributed by atoms with van der Waals surface area (Å²) < 4.78 is 34.6. The van der Waals surface area contributed by atoms with Crippen molar-refractivity contribution in [1.29, 1.82) is 0 Å². The summed E-state index contributed by atoms with van der Waals surface area (Å²) >= 11 is 0. The van der Waals surface area contributed by atoms with E-state index in [-0.39, 0.29) is 25.6 Å². The normalized spacial score (nSPS) is 13.4. The third kappa shape index (κ3) is 57.6. The Hall–Kier alpha value is -1.51. The summed E-state index contributed by atoms with van der Waals surface area (Å²) in [6, 6.07) is 0. The molecule has 10 heteroatoms. The second kappa shape index (κ2) is 53.3. The van der Waals surface area contributed by atoms with E-state index in [1.165, 1.54) is 218 Å². The largest absolute Gasteiger partial charge is 0.472 e. The Morgan fingerprint density at radius 2 is 0.761 bits per heavy atom. The maximum atomic E-state index is 12.8. The van der Waals surface area contributed by atoms with Crippen molar-refractivity contribution < 1.29 is 42.1 Å². The fourth-order valence-electron chi connectivity index (χ4n) is 8.99. The van der Waals surface area contributed by atoms with Gasteiger partial charge in [0, 0.05) is 12.8 Å². The molecule has 9 nitrogen and oxygen atoms in total. The number of quaternary nitrogens is 1. The van der Waals surface area contributed by atoms with Gasteiger partial charge in [-0.25, -0.2) is 4.57 Å². The highest BCUT2D eigenvalue weighted by molar-refractivity contribution is 7.47. The highest BCUT2D eigenvalue weighted by Crippen LogP contribution is 2.43. The molecule has 71 heavy (non-hydrogen) atoms. The van der Waals surface area contributed by atoms with Crippen LogP contribution in [0.25, 0.3) is 0 Å². The maximum Gasteiger partial charge on any atom is 0.472 e. The van der Waals surface area contributed by atoms with Gasteiger partial charge in [0.25, 0.3) is 0 Å². The molecular weight excluding hydrogens is 906 g/mol. The van der Waals surface area contributed by atoms with Gasteiger partial charge >= 0.3 is 19.8 Å². The van der Waals surface area contributed by atoms with Crippen molar-refractivity contribution in [3.63, 3.8) is 0 Å². The number of phosphoric acid groups is 1. The van der Waals surface area contributed by atoms with Gasteiger partial charge < -0.3 is 18.9 Å². The Bertz CT molecular complexity index is 1250. The molecule has 0 saturated heterocycles. The third-order valence-electron chi connectivity index (χ3n) is 13.7. The lowest BCUT2D eigenvalue weighted by atomic mass is 10.0. The van der Waals surface area contributed by atoms with Crippen LogP contribution in [0, 0.1) is 0 Å². The Morgan fingerprint density at radius 1 is 0.437 bits per heavy atom. The van der Waals surface area contributed by atoms with Crippen LogP contribution in [0.1, 0.15) is 303 Å². The molecule has 2 atom stereocenters. The van der Waals surface area contributed by atoms with Crippen LogP contribution >= 0.6 is 7.82 Å². The highest BCUT2D eigenvalue weighted by Gasteiger charge is 2.27. The number of hydrogen-bond donors (Lipinski definition) is 1. The first kappa shape index (κ1) is 69.5. The summed E-state index contributed by atoms with van der Waals surface area (Å²) in [5, 5.41) is 0. The number of hydrogen-bond acceptors (Lipinski definition) is 7. The topological polar surface area (TPSA) is 108 Å². The average molecular weight is 1030 g/mol. The lowest BCUT2D eigenvalue weighted by Crippen LogP contribution is -2.37. The summed E-state index contributed by atoms with van der Waals surface area (Å²) in [4.78, 5) is 35.7. The van der Waals surface area contributed by atoms with Gasteiger partial charge in [0.2, 0.25) is 0 Å². The SMILES string of the molecule is CCCCC/C=C\C/C=C\CCCCCCCCCC(=O)OC(COC(=O)CCCCCCCCCCCCCCCCCCCCCCCCCCCCCCCC)COP(=O)(O)OCC[N+](C)(C)C. The van der Waals surface area contributed by atoms with Crippen molar-refractivity contribution in [3.05, 3.63) is 24.3 Å². The van der Waals surface area contributed by atoms with Crippen LogP contribution in [0.4, 0.5) is 0 Å². The summed E-state index contributed by atoms with van der Waals surface area (Å²) in [7, 11) is 1.49. The van der Waals surface area contributed by atoms with Crippen molar-refractivity contribution >= 4 is 19.8 Å². The average Bonchev–Trinajstić information content (AvgIpc) is 3.33. The van der Waals surface area contributed by atoms with Gasteiger partial charge in [-0.2, -0.15) is 0 Å². The smallest absolute Gasteiger partial charge is 0.462 e. The molecule has 0 amide bonds. The van der Waals surface area contributed by atoms with Gasteiger partial charge in [0.05, 0.1) is 27.7 Å². The number of rotatable bonds is 57. The lowest BCUT2D eigenvalue weighted by Gasteiger charge is -2.24. The van der Waals surface area contributed by atoms with E-state index in [4.69, 9.17) is 18.5 Å². The minimum absolute atomic E-state index is 0.0323. The summed E-state index contributed by atoms with van der Waals surface area (Å²) in [6.07, 6.45) is 64.1. The molecule has 0 aliphatic heterocycles. The van der Waals surface area contributed by atoms with E-state index in [1.807, 2.05) is 21.1 Å². The Balaban J connectivity index is 4.02. The van der Waals surface area contributed by atoms with Gasteiger partial charge in [0.15, 0.2) is 6.10 Å². The number of unbranched alkanes of at least 4 members (excludes halogenated alkanes) is 39. The number of esters is 2. The fraction of sp³-hybridized carbons (Fsp3) is 0.902. The maximum absolute atomic E-state index is 12.8. The summed E-state index contributed by atoms with van der Waals surface area (Å²) in [6.45, 7) is 4.45. The fourth-order valence-corrected chi connectivity index (χ4v) is 9.73. The minimum Gasteiger partial charge on any atom is -0.462 e. The van der Waals surface area contributed by atoms with Crippen molar-refractivity contribution in [1.82, 2.24) is 0 Å². The summed E-state index contributed by atoms with van der Waals surface area (Å²) in [5.41, 5.74) is 0. The van der Waals surface area contributed by atoms with E-state index >= 15 is 0 Å². The number of likely N-dealkylation sites (N-methyl/N-ethyl adjacent to an activating group) is 1. The van der Waals surface area contributed by atoms with E-state index < -0.39 is 26.5 Å². The molecule has 0 heterocycles.